The van der Waals surface area contributed by atoms with Crippen LogP contribution in [0.5, 0.6) is 0 Å². The van der Waals surface area contributed by atoms with E-state index in [0.717, 1.165) is 10.5 Å². The number of aromatic nitrogens is 4. The lowest BCUT2D eigenvalue weighted by molar-refractivity contribution is 0.0950. The van der Waals surface area contributed by atoms with Crippen molar-refractivity contribution in [1.82, 2.24) is 24.6 Å². The fraction of sp³-hybridized carbons (Fsp3) is 0.375. The van der Waals surface area contributed by atoms with Crippen molar-refractivity contribution in [3.63, 3.8) is 0 Å². The molecule has 3 aromatic rings. The predicted octanol–water partition coefficient (Wildman–Crippen LogP) is 1.55. The van der Waals surface area contributed by atoms with E-state index in [0.29, 0.717) is 35.6 Å². The molecule has 0 saturated carbocycles. The second-order valence-electron chi connectivity index (χ2n) is 5.68. The monoisotopic (exact) mass is 345 g/mol. The molecule has 0 atom stereocenters. The molecule has 0 fully saturated rings. The molecule has 126 valence electrons. The Morgan fingerprint density at radius 3 is 2.75 bits per heavy atom. The van der Waals surface area contributed by atoms with Crippen molar-refractivity contribution in [3.8, 4) is 0 Å². The van der Waals surface area contributed by atoms with E-state index in [1.807, 2.05) is 26.3 Å². The number of carbonyl (C=O) groups is 1. The number of rotatable bonds is 4. The first kappa shape index (κ1) is 16.4. The van der Waals surface area contributed by atoms with Crippen LogP contribution in [0.15, 0.2) is 16.2 Å². The van der Waals surface area contributed by atoms with Crippen molar-refractivity contribution in [3.05, 3.63) is 44.6 Å². The molecule has 0 aliphatic carbocycles. The summed E-state index contributed by atoms with van der Waals surface area (Å²) in [4.78, 5) is 30.0. The van der Waals surface area contributed by atoms with Crippen molar-refractivity contribution < 1.29 is 4.79 Å². The molecule has 0 radical (unpaired) electrons. The number of amides is 1. The quantitative estimate of drug-likeness (QED) is 0.778. The Bertz CT molecular complexity index is 982. The van der Waals surface area contributed by atoms with E-state index in [2.05, 4.69) is 15.4 Å². The van der Waals surface area contributed by atoms with Crippen LogP contribution in [-0.2, 0) is 13.6 Å². The van der Waals surface area contributed by atoms with Crippen LogP contribution in [0.1, 0.15) is 27.6 Å². The summed E-state index contributed by atoms with van der Waals surface area (Å²) in [5, 5.41) is 9.59. The molecule has 0 aromatic carbocycles. The maximum atomic E-state index is 12.5. The third kappa shape index (κ3) is 2.73. The van der Waals surface area contributed by atoms with Gasteiger partial charge in [0.05, 0.1) is 16.6 Å². The van der Waals surface area contributed by atoms with Crippen LogP contribution in [0.4, 0.5) is 0 Å². The zero-order valence-electron chi connectivity index (χ0n) is 14.1. The van der Waals surface area contributed by atoms with Crippen LogP contribution in [0.25, 0.3) is 10.2 Å². The zero-order valence-corrected chi connectivity index (χ0v) is 14.9. The highest BCUT2D eigenvalue weighted by Crippen LogP contribution is 2.15. The average molecular weight is 345 g/mol. The largest absolute Gasteiger partial charge is 0.350 e. The standard InChI is InChI=1S/C16H19N5O2S/c1-9-13(10(2)20(4)19-9)14(22)17-6-7-21-11(3)18-15-12(16(21)23)5-8-24-15/h5,8H,6-7H2,1-4H3,(H,17,22). The minimum Gasteiger partial charge on any atom is -0.350 e. The van der Waals surface area contributed by atoms with Gasteiger partial charge in [0.2, 0.25) is 0 Å². The van der Waals surface area contributed by atoms with E-state index in [-0.39, 0.29) is 11.5 Å². The first-order valence-corrected chi connectivity index (χ1v) is 8.51. The van der Waals surface area contributed by atoms with Crippen LogP contribution < -0.4 is 10.9 Å². The summed E-state index contributed by atoms with van der Waals surface area (Å²) in [6.45, 7) is 6.21. The van der Waals surface area contributed by atoms with E-state index in [4.69, 9.17) is 0 Å². The molecule has 8 heteroatoms. The molecule has 0 saturated heterocycles. The molecule has 0 bridgehead atoms. The molecule has 0 aliphatic heterocycles. The summed E-state index contributed by atoms with van der Waals surface area (Å²) in [5.74, 6) is 0.478. The van der Waals surface area contributed by atoms with Crippen molar-refractivity contribution in [2.24, 2.45) is 7.05 Å². The second-order valence-corrected chi connectivity index (χ2v) is 6.58. The molecule has 0 unspecified atom stereocenters. The number of thiophene rings is 1. The molecule has 0 aliphatic rings. The lowest BCUT2D eigenvalue weighted by Crippen LogP contribution is -2.32. The highest BCUT2D eigenvalue weighted by Gasteiger charge is 2.17. The predicted molar refractivity (Wildman–Crippen MR) is 93.6 cm³/mol. The Morgan fingerprint density at radius 1 is 1.33 bits per heavy atom. The molecule has 7 nitrogen and oxygen atoms in total. The molecule has 3 rings (SSSR count). The maximum absolute atomic E-state index is 12.5. The van der Waals surface area contributed by atoms with Gasteiger partial charge >= 0.3 is 0 Å². The Labute approximate surface area is 142 Å². The molecular formula is C16H19N5O2S. The molecule has 3 heterocycles. The highest BCUT2D eigenvalue weighted by atomic mass is 32.1. The second kappa shape index (κ2) is 6.20. The van der Waals surface area contributed by atoms with Gasteiger partial charge in [-0.05, 0) is 32.2 Å². The van der Waals surface area contributed by atoms with Crippen LogP contribution in [0.3, 0.4) is 0 Å². The van der Waals surface area contributed by atoms with Gasteiger partial charge in [0, 0.05) is 25.8 Å². The highest BCUT2D eigenvalue weighted by molar-refractivity contribution is 7.16. The fourth-order valence-corrected chi connectivity index (χ4v) is 3.59. The van der Waals surface area contributed by atoms with Gasteiger partial charge in [0.15, 0.2) is 0 Å². The molecular weight excluding hydrogens is 326 g/mol. The normalized spacial score (nSPS) is 11.2. The number of aryl methyl sites for hydroxylation is 3. The van der Waals surface area contributed by atoms with Gasteiger partial charge in [0.25, 0.3) is 11.5 Å². The van der Waals surface area contributed by atoms with Gasteiger partial charge in [0.1, 0.15) is 10.7 Å². The van der Waals surface area contributed by atoms with E-state index in [9.17, 15) is 9.59 Å². The fourth-order valence-electron chi connectivity index (χ4n) is 2.79. The smallest absolute Gasteiger partial charge is 0.262 e. The van der Waals surface area contributed by atoms with E-state index < -0.39 is 0 Å². The third-order valence-electron chi connectivity index (χ3n) is 4.13. The first-order chi connectivity index (χ1) is 11.4. The van der Waals surface area contributed by atoms with E-state index in [1.165, 1.54) is 11.3 Å². The Balaban J connectivity index is 1.75. The van der Waals surface area contributed by atoms with Gasteiger partial charge in [-0.1, -0.05) is 0 Å². The zero-order chi connectivity index (χ0) is 17.4. The molecule has 1 N–H and O–H groups in total. The Morgan fingerprint density at radius 2 is 2.08 bits per heavy atom. The molecule has 0 spiro atoms. The van der Waals surface area contributed by atoms with Gasteiger partial charge in [-0.2, -0.15) is 5.10 Å². The van der Waals surface area contributed by atoms with Crippen LogP contribution in [0.2, 0.25) is 0 Å². The minimum absolute atomic E-state index is 0.0678. The van der Waals surface area contributed by atoms with Crippen LogP contribution in [-0.4, -0.2) is 31.8 Å². The van der Waals surface area contributed by atoms with Crippen molar-refractivity contribution in [2.45, 2.75) is 27.3 Å². The van der Waals surface area contributed by atoms with E-state index >= 15 is 0 Å². The number of nitrogens with zero attached hydrogens (tertiary/aromatic N) is 4. The van der Waals surface area contributed by atoms with E-state index in [1.54, 1.807) is 22.2 Å². The molecule has 3 aromatic heterocycles. The number of nitrogens with one attached hydrogen (secondary N) is 1. The van der Waals surface area contributed by atoms with Crippen molar-refractivity contribution in [1.29, 1.82) is 0 Å². The summed E-state index contributed by atoms with van der Waals surface area (Å²) in [6, 6.07) is 1.78. The van der Waals surface area contributed by atoms with Crippen molar-refractivity contribution >= 4 is 27.5 Å². The topological polar surface area (TPSA) is 81.8 Å². The maximum Gasteiger partial charge on any atom is 0.262 e. The van der Waals surface area contributed by atoms with Crippen LogP contribution in [0, 0.1) is 20.8 Å². The lowest BCUT2D eigenvalue weighted by Gasteiger charge is -2.10. The number of carbonyl (C=O) groups excluding carboxylic acids is 1. The summed E-state index contributed by atoms with van der Waals surface area (Å²) >= 11 is 1.45. The van der Waals surface area contributed by atoms with Gasteiger partial charge < -0.3 is 5.32 Å². The van der Waals surface area contributed by atoms with Gasteiger partial charge in [-0.3, -0.25) is 18.8 Å². The SMILES string of the molecule is Cc1nn(C)c(C)c1C(=O)NCCn1c(C)nc2sccc2c1=O. The third-order valence-corrected chi connectivity index (χ3v) is 4.94. The summed E-state index contributed by atoms with van der Waals surface area (Å²) in [5.41, 5.74) is 2.04. The average Bonchev–Trinajstić information content (AvgIpc) is 3.07. The molecule has 24 heavy (non-hydrogen) atoms. The number of hydrogen-bond acceptors (Lipinski definition) is 5. The number of hydrogen-bond donors (Lipinski definition) is 1. The van der Waals surface area contributed by atoms with Crippen molar-refractivity contribution in [2.75, 3.05) is 6.54 Å². The van der Waals surface area contributed by atoms with Gasteiger partial charge in [-0.25, -0.2) is 4.98 Å². The van der Waals surface area contributed by atoms with Crippen LogP contribution >= 0.6 is 11.3 Å². The number of fused-ring (bicyclic) bond motifs is 1. The minimum atomic E-state index is -0.173. The summed E-state index contributed by atoms with van der Waals surface area (Å²) in [6.07, 6.45) is 0. The summed E-state index contributed by atoms with van der Waals surface area (Å²) < 4.78 is 3.28. The Kier molecular flexibility index (Phi) is 4.23. The molecule has 1 amide bonds. The summed E-state index contributed by atoms with van der Waals surface area (Å²) in [7, 11) is 1.81. The lowest BCUT2D eigenvalue weighted by atomic mass is 10.2. The first-order valence-electron chi connectivity index (χ1n) is 7.63. The van der Waals surface area contributed by atoms with Gasteiger partial charge in [-0.15, -0.1) is 11.3 Å². The Hall–Kier alpha value is -2.48.